The van der Waals surface area contributed by atoms with Crippen LogP contribution < -0.4 is 16.9 Å². The fourth-order valence-corrected chi connectivity index (χ4v) is 2.22. The molecule has 0 atom stereocenters. The summed E-state index contributed by atoms with van der Waals surface area (Å²) >= 11 is 12.0. The van der Waals surface area contributed by atoms with E-state index in [1.165, 1.54) is 0 Å². The molecule has 1 heterocycles. The van der Waals surface area contributed by atoms with Crippen LogP contribution in [0.25, 0.3) is 5.69 Å². The SMILES string of the molecule is NC(N)=NNCc1cccn1-c1cc(Cl)cc(Cl)c1. The molecule has 0 aliphatic rings. The van der Waals surface area contributed by atoms with Crippen LogP contribution in [0.5, 0.6) is 0 Å². The highest BCUT2D eigenvalue weighted by molar-refractivity contribution is 6.34. The zero-order valence-corrected chi connectivity index (χ0v) is 11.5. The van der Waals surface area contributed by atoms with E-state index >= 15 is 0 Å². The number of guanidine groups is 1. The van der Waals surface area contributed by atoms with Crippen LogP contribution in [0.4, 0.5) is 0 Å². The van der Waals surface area contributed by atoms with Crippen molar-refractivity contribution in [1.29, 1.82) is 0 Å². The molecule has 2 aromatic rings. The molecule has 0 fully saturated rings. The Balaban J connectivity index is 2.25. The van der Waals surface area contributed by atoms with Crippen LogP contribution in [0.2, 0.25) is 10.0 Å². The lowest BCUT2D eigenvalue weighted by atomic mass is 10.3. The van der Waals surface area contributed by atoms with Crippen LogP contribution in [0.15, 0.2) is 41.6 Å². The maximum atomic E-state index is 6.00. The second-order valence-electron chi connectivity index (χ2n) is 3.87. The Morgan fingerprint density at radius 2 is 1.89 bits per heavy atom. The molecule has 0 saturated heterocycles. The molecule has 0 aliphatic heterocycles. The van der Waals surface area contributed by atoms with Crippen molar-refractivity contribution in [3.63, 3.8) is 0 Å². The third-order valence-electron chi connectivity index (χ3n) is 2.43. The summed E-state index contributed by atoms with van der Waals surface area (Å²) in [4.78, 5) is 0. The normalized spacial score (nSPS) is 10.2. The molecular formula is C12H13Cl2N5. The average Bonchev–Trinajstić information content (AvgIpc) is 2.75. The van der Waals surface area contributed by atoms with Crippen molar-refractivity contribution < 1.29 is 0 Å². The summed E-state index contributed by atoms with van der Waals surface area (Å²) in [5, 5.41) is 4.89. The summed E-state index contributed by atoms with van der Waals surface area (Å²) < 4.78 is 1.95. The molecule has 1 aromatic carbocycles. The Bertz CT molecular complexity index is 582. The molecule has 0 unspecified atom stereocenters. The number of rotatable bonds is 4. The van der Waals surface area contributed by atoms with Gasteiger partial charge in [0.05, 0.1) is 6.54 Å². The van der Waals surface area contributed by atoms with Gasteiger partial charge in [0, 0.05) is 27.6 Å². The minimum atomic E-state index is -0.0103. The van der Waals surface area contributed by atoms with E-state index in [4.69, 9.17) is 34.7 Å². The van der Waals surface area contributed by atoms with E-state index in [1.807, 2.05) is 35.0 Å². The lowest BCUT2D eigenvalue weighted by Gasteiger charge is -2.10. The maximum absolute atomic E-state index is 6.00. The summed E-state index contributed by atoms with van der Waals surface area (Å²) in [7, 11) is 0. The molecule has 0 saturated carbocycles. The Labute approximate surface area is 120 Å². The van der Waals surface area contributed by atoms with Gasteiger partial charge in [0.2, 0.25) is 5.96 Å². The number of nitrogens with one attached hydrogen (secondary N) is 1. The van der Waals surface area contributed by atoms with Gasteiger partial charge in [-0.25, -0.2) is 0 Å². The lowest BCUT2D eigenvalue weighted by molar-refractivity contribution is 0.709. The molecule has 0 radical (unpaired) electrons. The summed E-state index contributed by atoms with van der Waals surface area (Å²) in [6.07, 6.45) is 1.91. The van der Waals surface area contributed by atoms with Crippen LogP contribution in [0, 0.1) is 0 Å². The minimum absolute atomic E-state index is 0.0103. The molecule has 19 heavy (non-hydrogen) atoms. The first-order chi connectivity index (χ1) is 9.06. The number of halogens is 2. The van der Waals surface area contributed by atoms with Crippen molar-refractivity contribution in [3.8, 4) is 5.69 Å². The van der Waals surface area contributed by atoms with Crippen LogP contribution in [-0.4, -0.2) is 10.5 Å². The Kier molecular flexibility index (Phi) is 4.19. The smallest absolute Gasteiger partial charge is 0.208 e. The molecule has 5 N–H and O–H groups in total. The number of hydrogen-bond acceptors (Lipinski definition) is 2. The van der Waals surface area contributed by atoms with Crippen molar-refractivity contribution in [2.24, 2.45) is 16.6 Å². The monoisotopic (exact) mass is 297 g/mol. The predicted octanol–water partition coefficient (Wildman–Crippen LogP) is 2.06. The first-order valence-electron chi connectivity index (χ1n) is 5.50. The fourth-order valence-electron chi connectivity index (χ4n) is 1.70. The quantitative estimate of drug-likeness (QED) is 0.459. The predicted molar refractivity (Wildman–Crippen MR) is 78.4 cm³/mol. The van der Waals surface area contributed by atoms with E-state index in [1.54, 1.807) is 6.07 Å². The highest BCUT2D eigenvalue weighted by atomic mass is 35.5. The second kappa shape index (κ2) is 5.86. The van der Waals surface area contributed by atoms with Crippen LogP contribution in [0.1, 0.15) is 5.69 Å². The van der Waals surface area contributed by atoms with E-state index in [-0.39, 0.29) is 5.96 Å². The molecule has 5 nitrogen and oxygen atoms in total. The highest BCUT2D eigenvalue weighted by Gasteiger charge is 2.05. The molecule has 0 bridgehead atoms. The number of nitrogens with two attached hydrogens (primary N) is 2. The third kappa shape index (κ3) is 3.56. The van der Waals surface area contributed by atoms with Gasteiger partial charge < -0.3 is 21.5 Å². The van der Waals surface area contributed by atoms with E-state index in [9.17, 15) is 0 Å². The van der Waals surface area contributed by atoms with Gasteiger partial charge in [0.1, 0.15) is 0 Å². The standard InChI is InChI=1S/C12H13Cl2N5/c13-8-4-9(14)6-11(5-8)19-3-1-2-10(19)7-17-18-12(15)16/h1-6,17H,7H2,(H4,15,16,18). The Hall–Kier alpha value is -1.85. The minimum Gasteiger partial charge on any atom is -0.369 e. The summed E-state index contributed by atoms with van der Waals surface area (Å²) in [5.41, 5.74) is 15.1. The summed E-state index contributed by atoms with van der Waals surface area (Å²) in [6.45, 7) is 0.481. The van der Waals surface area contributed by atoms with Gasteiger partial charge in [-0.2, -0.15) is 0 Å². The molecule has 0 aliphatic carbocycles. The van der Waals surface area contributed by atoms with Crippen LogP contribution >= 0.6 is 23.2 Å². The van der Waals surface area contributed by atoms with E-state index in [0.29, 0.717) is 16.6 Å². The largest absolute Gasteiger partial charge is 0.369 e. The van der Waals surface area contributed by atoms with Gasteiger partial charge in [-0.05, 0) is 30.3 Å². The average molecular weight is 298 g/mol. The number of aromatic nitrogens is 1. The Morgan fingerprint density at radius 1 is 1.21 bits per heavy atom. The van der Waals surface area contributed by atoms with Crippen molar-refractivity contribution in [1.82, 2.24) is 9.99 Å². The first-order valence-corrected chi connectivity index (χ1v) is 6.26. The van der Waals surface area contributed by atoms with Crippen molar-refractivity contribution in [3.05, 3.63) is 52.3 Å². The van der Waals surface area contributed by atoms with Gasteiger partial charge >= 0.3 is 0 Å². The molecule has 0 spiro atoms. The van der Waals surface area contributed by atoms with Gasteiger partial charge in [-0.15, -0.1) is 5.10 Å². The number of hydrazone groups is 1. The first kappa shape index (κ1) is 13.6. The molecular weight excluding hydrogens is 285 g/mol. The molecule has 100 valence electrons. The number of nitrogens with zero attached hydrogens (tertiary/aromatic N) is 2. The van der Waals surface area contributed by atoms with E-state index < -0.39 is 0 Å². The maximum Gasteiger partial charge on any atom is 0.208 e. The van der Waals surface area contributed by atoms with Gasteiger partial charge in [-0.1, -0.05) is 23.2 Å². The topological polar surface area (TPSA) is 81.4 Å². The van der Waals surface area contributed by atoms with E-state index in [2.05, 4.69) is 10.5 Å². The highest BCUT2D eigenvalue weighted by Crippen LogP contribution is 2.23. The Morgan fingerprint density at radius 3 is 2.53 bits per heavy atom. The summed E-state index contributed by atoms with van der Waals surface area (Å²) in [5.74, 6) is -0.0103. The van der Waals surface area contributed by atoms with Gasteiger partial charge in [0.15, 0.2) is 0 Å². The van der Waals surface area contributed by atoms with Gasteiger partial charge in [0.25, 0.3) is 0 Å². The van der Waals surface area contributed by atoms with Gasteiger partial charge in [-0.3, -0.25) is 0 Å². The van der Waals surface area contributed by atoms with Crippen molar-refractivity contribution >= 4 is 29.2 Å². The molecule has 0 amide bonds. The molecule has 7 heteroatoms. The molecule has 2 rings (SSSR count). The zero-order chi connectivity index (χ0) is 13.8. The lowest BCUT2D eigenvalue weighted by Crippen LogP contribution is -2.26. The number of benzene rings is 1. The van der Waals surface area contributed by atoms with Crippen LogP contribution in [0.3, 0.4) is 0 Å². The number of hydrogen-bond donors (Lipinski definition) is 3. The third-order valence-corrected chi connectivity index (χ3v) is 2.86. The van der Waals surface area contributed by atoms with E-state index in [0.717, 1.165) is 11.4 Å². The van der Waals surface area contributed by atoms with Crippen LogP contribution in [-0.2, 0) is 6.54 Å². The molecule has 1 aromatic heterocycles. The summed E-state index contributed by atoms with van der Waals surface area (Å²) in [6, 6.07) is 9.22. The zero-order valence-electron chi connectivity index (χ0n) is 9.98. The second-order valence-corrected chi connectivity index (χ2v) is 4.74. The van der Waals surface area contributed by atoms with Crippen molar-refractivity contribution in [2.45, 2.75) is 6.54 Å². The van der Waals surface area contributed by atoms with Crippen molar-refractivity contribution in [2.75, 3.05) is 0 Å². The fraction of sp³-hybridized carbons (Fsp3) is 0.0833.